The fourth-order valence-electron chi connectivity index (χ4n) is 1.01. The van der Waals surface area contributed by atoms with Crippen LogP contribution < -0.4 is 5.73 Å². The smallest absolute Gasteiger partial charge is 0.248 e. The van der Waals surface area contributed by atoms with E-state index in [-0.39, 0.29) is 5.91 Å². The molecule has 3 heteroatoms. The van der Waals surface area contributed by atoms with Crippen LogP contribution >= 0.6 is 0 Å². The Morgan fingerprint density at radius 1 is 1.33 bits per heavy atom. The Bertz CT molecular complexity index is 328. The predicted octanol–water partition coefficient (Wildman–Crippen LogP) is 2.02. The molecule has 3 nitrogen and oxygen atoms in total. The second-order valence-electron chi connectivity index (χ2n) is 2.80. The number of rotatable bonds is 3. The fourth-order valence-corrected chi connectivity index (χ4v) is 1.01. The molecule has 1 aromatic carbocycles. The van der Waals surface area contributed by atoms with Gasteiger partial charge in [0.1, 0.15) is 6.79 Å². The maximum atomic E-state index is 10.7. The van der Waals surface area contributed by atoms with Gasteiger partial charge in [0.05, 0.1) is 0 Å². The highest BCUT2D eigenvalue weighted by Gasteiger charge is 1.97. The van der Waals surface area contributed by atoms with E-state index in [2.05, 4.69) is 13.0 Å². The number of primary amides is 1. The van der Waals surface area contributed by atoms with Gasteiger partial charge in [-0.3, -0.25) is 4.79 Å². The van der Waals surface area contributed by atoms with Crippen LogP contribution in [0.15, 0.2) is 30.3 Å². The molecule has 0 bridgehead atoms. The van der Waals surface area contributed by atoms with Gasteiger partial charge in [0, 0.05) is 5.56 Å². The Labute approximate surface area is 89.6 Å². The molecule has 0 aromatic heterocycles. The Kier molecular flexibility index (Phi) is 6.55. The largest absolute Gasteiger partial charge is 0.366 e. The lowest BCUT2D eigenvalue weighted by atomic mass is 10.1. The molecule has 80 valence electrons. The summed E-state index contributed by atoms with van der Waals surface area (Å²) in [6.45, 7) is 4.08. The molecule has 15 heavy (non-hydrogen) atoms. The molecule has 0 aliphatic carbocycles. The average Bonchev–Trinajstić information content (AvgIpc) is 2.29. The maximum Gasteiger partial charge on any atom is 0.248 e. The molecule has 0 spiro atoms. The molecule has 2 N–H and O–H groups in total. The summed E-state index contributed by atoms with van der Waals surface area (Å²) in [5, 5.41) is 0. The number of carbonyl (C=O) groups excluding carboxylic acids is 2. The number of benzene rings is 1. The molecule has 1 aromatic rings. The SMILES string of the molecule is C=O.CC/C=C/c1ccc(C(N)=O)cc1. The molecule has 0 saturated heterocycles. The van der Waals surface area contributed by atoms with Crippen molar-refractivity contribution in [1.29, 1.82) is 0 Å². The van der Waals surface area contributed by atoms with E-state index in [1.54, 1.807) is 12.1 Å². The lowest BCUT2D eigenvalue weighted by Crippen LogP contribution is -2.10. The maximum absolute atomic E-state index is 10.7. The van der Waals surface area contributed by atoms with E-state index in [1.807, 2.05) is 25.0 Å². The third kappa shape index (κ3) is 4.76. The first kappa shape index (κ1) is 13.1. The zero-order chi connectivity index (χ0) is 11.7. The van der Waals surface area contributed by atoms with Crippen molar-refractivity contribution in [3.05, 3.63) is 41.5 Å². The quantitative estimate of drug-likeness (QED) is 0.820. The van der Waals surface area contributed by atoms with E-state index >= 15 is 0 Å². The third-order valence-electron chi connectivity index (χ3n) is 1.74. The second-order valence-corrected chi connectivity index (χ2v) is 2.80. The van der Waals surface area contributed by atoms with Gasteiger partial charge >= 0.3 is 0 Å². The van der Waals surface area contributed by atoms with Gasteiger partial charge in [-0.1, -0.05) is 31.2 Å². The Morgan fingerprint density at radius 3 is 2.27 bits per heavy atom. The van der Waals surface area contributed by atoms with Gasteiger partial charge in [0.25, 0.3) is 0 Å². The Balaban J connectivity index is 0.000000921. The molecule has 0 heterocycles. The van der Waals surface area contributed by atoms with E-state index in [4.69, 9.17) is 10.5 Å². The summed E-state index contributed by atoms with van der Waals surface area (Å²) in [6, 6.07) is 7.23. The van der Waals surface area contributed by atoms with Crippen LogP contribution in [0.1, 0.15) is 29.3 Å². The number of carbonyl (C=O) groups is 2. The molecule has 0 fully saturated rings. The summed E-state index contributed by atoms with van der Waals surface area (Å²) in [6.07, 6.45) is 5.10. The number of hydrogen-bond donors (Lipinski definition) is 1. The van der Waals surface area contributed by atoms with Gasteiger partial charge in [-0.05, 0) is 24.1 Å². The Hall–Kier alpha value is -1.90. The van der Waals surface area contributed by atoms with Crippen molar-refractivity contribution < 1.29 is 9.59 Å². The van der Waals surface area contributed by atoms with Gasteiger partial charge in [0.2, 0.25) is 5.91 Å². The van der Waals surface area contributed by atoms with Crippen LogP contribution in [0.2, 0.25) is 0 Å². The van der Waals surface area contributed by atoms with Crippen LogP contribution in [-0.2, 0) is 4.79 Å². The number of allylic oxidation sites excluding steroid dienone is 1. The molecular weight excluding hydrogens is 190 g/mol. The molecule has 1 rings (SSSR count). The second kappa shape index (κ2) is 7.50. The van der Waals surface area contributed by atoms with Crippen LogP contribution in [0, 0.1) is 0 Å². The molecule has 1 amide bonds. The Morgan fingerprint density at radius 2 is 1.87 bits per heavy atom. The monoisotopic (exact) mass is 205 g/mol. The molecule has 0 unspecified atom stereocenters. The van der Waals surface area contributed by atoms with E-state index in [9.17, 15) is 4.79 Å². The van der Waals surface area contributed by atoms with Gasteiger partial charge in [0.15, 0.2) is 0 Å². The number of hydrogen-bond acceptors (Lipinski definition) is 2. The summed E-state index contributed by atoms with van der Waals surface area (Å²) < 4.78 is 0. The summed E-state index contributed by atoms with van der Waals surface area (Å²) in [4.78, 5) is 18.7. The first-order chi connectivity index (χ1) is 7.24. The van der Waals surface area contributed by atoms with Crippen LogP contribution in [0.3, 0.4) is 0 Å². The first-order valence-corrected chi connectivity index (χ1v) is 4.59. The highest BCUT2D eigenvalue weighted by atomic mass is 16.1. The summed E-state index contributed by atoms with van der Waals surface area (Å²) >= 11 is 0. The fraction of sp³-hybridized carbons (Fsp3) is 0.167. The van der Waals surface area contributed by atoms with E-state index in [0.717, 1.165) is 12.0 Å². The summed E-state index contributed by atoms with van der Waals surface area (Å²) in [7, 11) is 0. The van der Waals surface area contributed by atoms with Crippen molar-refractivity contribution >= 4 is 18.8 Å². The van der Waals surface area contributed by atoms with Crippen LogP contribution in [-0.4, -0.2) is 12.7 Å². The van der Waals surface area contributed by atoms with Crippen molar-refractivity contribution in [1.82, 2.24) is 0 Å². The van der Waals surface area contributed by atoms with Crippen molar-refractivity contribution in [3.63, 3.8) is 0 Å². The van der Waals surface area contributed by atoms with E-state index < -0.39 is 0 Å². The van der Waals surface area contributed by atoms with Crippen LogP contribution in [0.5, 0.6) is 0 Å². The summed E-state index contributed by atoms with van der Waals surface area (Å²) in [5.74, 6) is -0.383. The van der Waals surface area contributed by atoms with Gasteiger partial charge in [-0.15, -0.1) is 0 Å². The molecule has 0 aliphatic heterocycles. The molecule has 0 radical (unpaired) electrons. The van der Waals surface area contributed by atoms with Crippen molar-refractivity contribution in [3.8, 4) is 0 Å². The van der Waals surface area contributed by atoms with Gasteiger partial charge in [-0.25, -0.2) is 0 Å². The van der Waals surface area contributed by atoms with Crippen molar-refractivity contribution in [2.45, 2.75) is 13.3 Å². The zero-order valence-corrected chi connectivity index (χ0v) is 8.77. The molecular formula is C12H15NO2. The van der Waals surface area contributed by atoms with Crippen molar-refractivity contribution in [2.24, 2.45) is 5.73 Å². The van der Waals surface area contributed by atoms with Gasteiger partial charge in [-0.2, -0.15) is 0 Å². The normalized spacial score (nSPS) is 9.40. The van der Waals surface area contributed by atoms with Crippen molar-refractivity contribution in [2.75, 3.05) is 0 Å². The highest BCUT2D eigenvalue weighted by Crippen LogP contribution is 2.05. The van der Waals surface area contributed by atoms with Gasteiger partial charge < -0.3 is 10.5 Å². The first-order valence-electron chi connectivity index (χ1n) is 4.59. The summed E-state index contributed by atoms with van der Waals surface area (Å²) in [5.41, 5.74) is 6.75. The topological polar surface area (TPSA) is 60.2 Å². The predicted molar refractivity (Wildman–Crippen MR) is 61.4 cm³/mol. The number of nitrogens with two attached hydrogens (primary N) is 1. The minimum Gasteiger partial charge on any atom is -0.366 e. The number of amides is 1. The molecule has 0 saturated carbocycles. The molecule has 0 atom stereocenters. The standard InChI is InChI=1S/C11H13NO.CH2O/c1-2-3-4-9-5-7-10(8-6-9)11(12)13;1-2/h3-8H,2H2,1H3,(H2,12,13);1H2/b4-3+;. The zero-order valence-electron chi connectivity index (χ0n) is 8.77. The minimum absolute atomic E-state index is 0.383. The third-order valence-corrected chi connectivity index (χ3v) is 1.74. The minimum atomic E-state index is -0.383. The lowest BCUT2D eigenvalue weighted by molar-refractivity contribution is -0.0979. The van der Waals surface area contributed by atoms with E-state index in [1.165, 1.54) is 0 Å². The van der Waals surface area contributed by atoms with Crippen LogP contribution in [0.4, 0.5) is 0 Å². The van der Waals surface area contributed by atoms with E-state index in [0.29, 0.717) is 5.56 Å². The molecule has 0 aliphatic rings. The highest BCUT2D eigenvalue weighted by molar-refractivity contribution is 5.92. The van der Waals surface area contributed by atoms with Crippen LogP contribution in [0.25, 0.3) is 6.08 Å². The lowest BCUT2D eigenvalue weighted by Gasteiger charge is -1.95. The average molecular weight is 205 g/mol.